The average Bonchev–Trinajstić information content (AvgIpc) is 3.01. The SMILES string of the molecule is CCOC(=O)CC(=O)N(CCC(=O)OC)[C@@H]1C(C)(C)[C@@H]2CC[C@@]1(C)C2. The van der Waals surface area contributed by atoms with Gasteiger partial charge in [-0.3, -0.25) is 14.4 Å². The highest BCUT2D eigenvalue weighted by Gasteiger charge is 2.61. The molecule has 142 valence electrons. The molecule has 6 heteroatoms. The molecule has 0 saturated heterocycles. The second kappa shape index (κ2) is 7.34. The summed E-state index contributed by atoms with van der Waals surface area (Å²) in [6.45, 7) is 8.89. The van der Waals surface area contributed by atoms with Crippen LogP contribution < -0.4 is 0 Å². The van der Waals surface area contributed by atoms with E-state index in [4.69, 9.17) is 9.47 Å². The number of esters is 2. The molecule has 2 rings (SSSR count). The van der Waals surface area contributed by atoms with Crippen molar-refractivity contribution >= 4 is 17.8 Å². The lowest BCUT2D eigenvalue weighted by Gasteiger charge is -2.49. The predicted molar refractivity (Wildman–Crippen MR) is 92.6 cm³/mol. The van der Waals surface area contributed by atoms with Crippen LogP contribution in [0.25, 0.3) is 0 Å². The smallest absolute Gasteiger partial charge is 0.315 e. The highest BCUT2D eigenvalue weighted by Crippen LogP contribution is 2.64. The zero-order valence-electron chi connectivity index (χ0n) is 16.1. The molecule has 0 unspecified atom stereocenters. The molecule has 1 amide bonds. The topological polar surface area (TPSA) is 72.9 Å². The first-order chi connectivity index (χ1) is 11.7. The van der Waals surface area contributed by atoms with E-state index in [-0.39, 0.29) is 54.7 Å². The average molecular weight is 353 g/mol. The Bertz CT molecular complexity index is 539. The van der Waals surface area contributed by atoms with E-state index in [0.717, 1.165) is 12.8 Å². The van der Waals surface area contributed by atoms with Crippen molar-refractivity contribution in [3.05, 3.63) is 0 Å². The highest BCUT2D eigenvalue weighted by atomic mass is 16.5. The molecule has 0 aromatic heterocycles. The molecule has 3 atom stereocenters. The molecule has 0 N–H and O–H groups in total. The first kappa shape index (κ1) is 19.7. The fourth-order valence-electron chi connectivity index (χ4n) is 5.20. The quantitative estimate of drug-likeness (QED) is 0.519. The number of hydrogen-bond acceptors (Lipinski definition) is 5. The van der Waals surface area contributed by atoms with Crippen LogP contribution in [-0.2, 0) is 23.9 Å². The second-order valence-electron chi connectivity index (χ2n) is 8.21. The molecule has 2 fully saturated rings. The van der Waals surface area contributed by atoms with Crippen molar-refractivity contribution in [2.75, 3.05) is 20.3 Å². The monoisotopic (exact) mass is 353 g/mol. The fraction of sp³-hybridized carbons (Fsp3) is 0.842. The van der Waals surface area contributed by atoms with E-state index in [2.05, 4.69) is 20.8 Å². The Kier molecular flexibility index (Phi) is 5.79. The normalized spacial score (nSPS) is 29.3. The minimum absolute atomic E-state index is 0.0188. The van der Waals surface area contributed by atoms with E-state index >= 15 is 0 Å². The molecule has 2 saturated carbocycles. The summed E-state index contributed by atoms with van der Waals surface area (Å²) in [6.07, 6.45) is 3.21. The van der Waals surface area contributed by atoms with Crippen LogP contribution in [0.3, 0.4) is 0 Å². The van der Waals surface area contributed by atoms with Crippen LogP contribution in [-0.4, -0.2) is 49.0 Å². The van der Waals surface area contributed by atoms with Crippen molar-refractivity contribution < 1.29 is 23.9 Å². The van der Waals surface area contributed by atoms with Crippen molar-refractivity contribution in [2.45, 2.75) is 65.8 Å². The number of amides is 1. The minimum Gasteiger partial charge on any atom is -0.469 e. The summed E-state index contributed by atoms with van der Waals surface area (Å²) in [7, 11) is 1.34. The van der Waals surface area contributed by atoms with Gasteiger partial charge in [0.25, 0.3) is 0 Å². The Morgan fingerprint density at radius 1 is 1.16 bits per heavy atom. The van der Waals surface area contributed by atoms with E-state index in [0.29, 0.717) is 5.92 Å². The summed E-state index contributed by atoms with van der Waals surface area (Å²) in [4.78, 5) is 38.1. The Balaban J connectivity index is 2.23. The first-order valence-electron chi connectivity index (χ1n) is 9.17. The number of rotatable bonds is 7. The van der Waals surface area contributed by atoms with Gasteiger partial charge in [-0.15, -0.1) is 0 Å². The maximum absolute atomic E-state index is 12.9. The third kappa shape index (κ3) is 3.82. The van der Waals surface area contributed by atoms with E-state index in [1.165, 1.54) is 13.5 Å². The van der Waals surface area contributed by atoms with Crippen LogP contribution in [0.5, 0.6) is 0 Å². The summed E-state index contributed by atoms with van der Waals surface area (Å²) in [6, 6.07) is 0.0188. The van der Waals surface area contributed by atoms with Gasteiger partial charge >= 0.3 is 11.9 Å². The summed E-state index contributed by atoms with van der Waals surface area (Å²) in [5.74, 6) is -0.547. The van der Waals surface area contributed by atoms with Gasteiger partial charge in [0.1, 0.15) is 6.42 Å². The first-order valence-corrected chi connectivity index (χ1v) is 9.17. The van der Waals surface area contributed by atoms with Gasteiger partial charge in [0.2, 0.25) is 5.91 Å². The van der Waals surface area contributed by atoms with Gasteiger partial charge in [0.05, 0.1) is 20.1 Å². The molecule has 0 aromatic carbocycles. The summed E-state index contributed by atoms with van der Waals surface area (Å²) >= 11 is 0. The number of ether oxygens (including phenoxy) is 2. The molecule has 0 spiro atoms. The minimum atomic E-state index is -0.512. The zero-order valence-corrected chi connectivity index (χ0v) is 16.1. The van der Waals surface area contributed by atoms with Crippen LogP contribution in [0.15, 0.2) is 0 Å². The largest absolute Gasteiger partial charge is 0.469 e. The van der Waals surface area contributed by atoms with Gasteiger partial charge in [0.15, 0.2) is 0 Å². The maximum atomic E-state index is 12.9. The predicted octanol–water partition coefficient (Wildman–Crippen LogP) is 2.55. The van der Waals surface area contributed by atoms with Crippen molar-refractivity contribution in [3.63, 3.8) is 0 Å². The zero-order chi connectivity index (χ0) is 18.8. The van der Waals surface area contributed by atoms with Crippen LogP contribution in [0.4, 0.5) is 0 Å². The summed E-state index contributed by atoms with van der Waals surface area (Å²) in [5, 5.41) is 0. The van der Waals surface area contributed by atoms with Gasteiger partial charge in [-0.2, -0.15) is 0 Å². The third-order valence-corrected chi connectivity index (χ3v) is 6.21. The standard InChI is InChI=1S/C19H31NO5/c1-6-25-16(23)11-14(21)20(10-8-15(22)24-5)17-18(2,3)13-7-9-19(17,4)12-13/h13,17H,6-12H2,1-5H3/t13-,17-,19+/m1/s1. The molecule has 0 heterocycles. The number of hydrogen-bond donors (Lipinski definition) is 0. The van der Waals surface area contributed by atoms with Crippen LogP contribution in [0.2, 0.25) is 0 Å². The van der Waals surface area contributed by atoms with Crippen molar-refractivity contribution in [3.8, 4) is 0 Å². The van der Waals surface area contributed by atoms with E-state index in [9.17, 15) is 14.4 Å². The highest BCUT2D eigenvalue weighted by molar-refractivity contribution is 5.94. The Hall–Kier alpha value is -1.59. The Morgan fingerprint density at radius 3 is 2.36 bits per heavy atom. The fourth-order valence-corrected chi connectivity index (χ4v) is 5.20. The molecule has 25 heavy (non-hydrogen) atoms. The number of nitrogens with zero attached hydrogens (tertiary/aromatic N) is 1. The van der Waals surface area contributed by atoms with Gasteiger partial charge in [-0.25, -0.2) is 0 Å². The molecule has 0 aromatic rings. The lowest BCUT2D eigenvalue weighted by molar-refractivity contribution is -0.152. The molecule has 2 bridgehead atoms. The van der Waals surface area contributed by atoms with Crippen molar-refractivity contribution in [2.24, 2.45) is 16.7 Å². The van der Waals surface area contributed by atoms with Crippen molar-refractivity contribution in [1.82, 2.24) is 4.90 Å². The van der Waals surface area contributed by atoms with E-state index in [1.807, 2.05) is 0 Å². The molecule has 2 aliphatic carbocycles. The van der Waals surface area contributed by atoms with E-state index in [1.54, 1.807) is 11.8 Å². The van der Waals surface area contributed by atoms with Crippen LogP contribution in [0, 0.1) is 16.7 Å². The van der Waals surface area contributed by atoms with Gasteiger partial charge in [-0.05, 0) is 42.9 Å². The second-order valence-corrected chi connectivity index (χ2v) is 8.21. The number of carbonyl (C=O) groups is 3. The summed E-state index contributed by atoms with van der Waals surface area (Å²) in [5.41, 5.74) is 0.00203. The third-order valence-electron chi connectivity index (χ3n) is 6.21. The van der Waals surface area contributed by atoms with Crippen LogP contribution >= 0.6 is 0 Å². The molecular formula is C19H31NO5. The Labute approximate surface area is 150 Å². The Morgan fingerprint density at radius 2 is 1.84 bits per heavy atom. The number of methoxy groups -OCH3 is 1. The van der Waals surface area contributed by atoms with Crippen molar-refractivity contribution in [1.29, 1.82) is 0 Å². The molecule has 0 aliphatic heterocycles. The van der Waals surface area contributed by atoms with Gasteiger partial charge < -0.3 is 14.4 Å². The van der Waals surface area contributed by atoms with Gasteiger partial charge in [0, 0.05) is 12.6 Å². The molecule has 6 nitrogen and oxygen atoms in total. The summed E-state index contributed by atoms with van der Waals surface area (Å²) < 4.78 is 9.67. The molecule has 0 radical (unpaired) electrons. The lowest BCUT2D eigenvalue weighted by atomic mass is 9.67. The van der Waals surface area contributed by atoms with Gasteiger partial charge in [-0.1, -0.05) is 20.8 Å². The lowest BCUT2D eigenvalue weighted by Crippen LogP contribution is -2.55. The van der Waals surface area contributed by atoms with Crippen LogP contribution in [0.1, 0.15) is 59.8 Å². The maximum Gasteiger partial charge on any atom is 0.315 e. The molecule has 2 aliphatic rings. The van der Waals surface area contributed by atoms with E-state index < -0.39 is 5.97 Å². The number of carbonyl (C=O) groups excluding carboxylic acids is 3. The number of fused-ring (bicyclic) bond motifs is 2. The molecular weight excluding hydrogens is 322 g/mol.